The van der Waals surface area contributed by atoms with E-state index in [-0.39, 0.29) is 18.2 Å². The van der Waals surface area contributed by atoms with Crippen LogP contribution >= 0.6 is 0 Å². The summed E-state index contributed by atoms with van der Waals surface area (Å²) in [6.07, 6.45) is 5.04. The third-order valence-corrected chi connectivity index (χ3v) is 3.84. The van der Waals surface area contributed by atoms with Gasteiger partial charge in [-0.05, 0) is 46.0 Å². The average molecular weight is 250 g/mol. The van der Waals surface area contributed by atoms with Crippen LogP contribution in [-0.4, -0.2) is 28.7 Å². The quantitative estimate of drug-likeness (QED) is 0.664. The van der Waals surface area contributed by atoms with E-state index >= 15 is 0 Å². The molecule has 0 aromatic rings. The van der Waals surface area contributed by atoms with Crippen LogP contribution in [0, 0.1) is 17.2 Å². The molecule has 2 fully saturated rings. The first kappa shape index (κ1) is 13.2. The van der Waals surface area contributed by atoms with Gasteiger partial charge in [0.2, 0.25) is 0 Å². The molecule has 2 rings (SSSR count). The number of hydrogen-bond acceptors (Lipinski definition) is 3. The molecule has 4 heteroatoms. The van der Waals surface area contributed by atoms with Crippen molar-refractivity contribution in [1.82, 2.24) is 4.90 Å². The van der Waals surface area contributed by atoms with Gasteiger partial charge in [0, 0.05) is 6.04 Å². The van der Waals surface area contributed by atoms with Gasteiger partial charge in [-0.15, -0.1) is 0 Å². The monoisotopic (exact) mass is 250 g/mol. The molecule has 1 heterocycles. The molecule has 2 aliphatic rings. The molecular weight excluding hydrogens is 228 g/mol. The van der Waals surface area contributed by atoms with Crippen molar-refractivity contribution in [3.05, 3.63) is 0 Å². The van der Waals surface area contributed by atoms with Crippen LogP contribution in [0.2, 0.25) is 0 Å². The lowest BCUT2D eigenvalue weighted by atomic mass is 9.85. The fourth-order valence-corrected chi connectivity index (χ4v) is 3.15. The Kier molecular flexibility index (Phi) is 3.52. The van der Waals surface area contributed by atoms with E-state index in [0.29, 0.717) is 5.92 Å². The third kappa shape index (κ3) is 2.60. The summed E-state index contributed by atoms with van der Waals surface area (Å²) >= 11 is 0. The minimum absolute atomic E-state index is 0.221. The number of fused-ring (bicyclic) bond motifs is 1. The lowest BCUT2D eigenvalue weighted by Crippen LogP contribution is -2.45. The molecule has 0 aromatic heterocycles. The average Bonchev–Trinajstić information content (AvgIpc) is 2.64. The Balaban J connectivity index is 2.13. The number of hydrogen-bond donors (Lipinski definition) is 0. The van der Waals surface area contributed by atoms with Crippen molar-refractivity contribution in [2.24, 2.45) is 5.92 Å². The highest BCUT2D eigenvalue weighted by atomic mass is 16.6. The second-order valence-corrected chi connectivity index (χ2v) is 6.38. The number of nitrogens with zero attached hydrogens (tertiary/aromatic N) is 2. The predicted molar refractivity (Wildman–Crippen MR) is 67.8 cm³/mol. The highest BCUT2D eigenvalue weighted by Gasteiger charge is 2.46. The fourth-order valence-electron chi connectivity index (χ4n) is 3.15. The molecule has 100 valence electrons. The largest absolute Gasteiger partial charge is 0.444 e. The van der Waals surface area contributed by atoms with Gasteiger partial charge >= 0.3 is 6.09 Å². The van der Waals surface area contributed by atoms with Gasteiger partial charge in [0.25, 0.3) is 0 Å². The van der Waals surface area contributed by atoms with Crippen LogP contribution < -0.4 is 0 Å². The van der Waals surface area contributed by atoms with Gasteiger partial charge in [0.05, 0.1) is 6.07 Å². The number of likely N-dealkylation sites (tertiary alicyclic amines) is 1. The normalized spacial score (nSPS) is 31.7. The Morgan fingerprint density at radius 2 is 2.00 bits per heavy atom. The minimum atomic E-state index is -0.496. The summed E-state index contributed by atoms with van der Waals surface area (Å²) < 4.78 is 5.44. The van der Waals surface area contributed by atoms with Gasteiger partial charge in [-0.1, -0.05) is 12.8 Å². The van der Waals surface area contributed by atoms with Gasteiger partial charge < -0.3 is 4.74 Å². The molecule has 1 amide bonds. The highest BCUT2D eigenvalue weighted by Crippen LogP contribution is 2.40. The molecular formula is C14H22N2O2. The molecule has 0 radical (unpaired) electrons. The fraction of sp³-hybridized carbons (Fsp3) is 0.857. The molecule has 0 spiro atoms. The minimum Gasteiger partial charge on any atom is -0.444 e. The lowest BCUT2D eigenvalue weighted by molar-refractivity contribution is 0.0142. The molecule has 4 nitrogen and oxygen atoms in total. The van der Waals surface area contributed by atoms with E-state index < -0.39 is 5.60 Å². The second kappa shape index (κ2) is 4.79. The highest BCUT2D eigenvalue weighted by molar-refractivity contribution is 5.70. The van der Waals surface area contributed by atoms with Crippen LogP contribution in [0.15, 0.2) is 0 Å². The van der Waals surface area contributed by atoms with Crippen molar-refractivity contribution < 1.29 is 9.53 Å². The topological polar surface area (TPSA) is 53.3 Å². The Morgan fingerprint density at radius 3 is 2.61 bits per heavy atom. The zero-order chi connectivity index (χ0) is 13.3. The smallest absolute Gasteiger partial charge is 0.411 e. The van der Waals surface area contributed by atoms with E-state index in [1.54, 1.807) is 4.90 Å². The van der Waals surface area contributed by atoms with E-state index in [0.717, 1.165) is 25.7 Å². The summed E-state index contributed by atoms with van der Waals surface area (Å²) in [7, 11) is 0. The summed E-state index contributed by atoms with van der Waals surface area (Å²) in [5.74, 6) is 0.496. The van der Waals surface area contributed by atoms with Crippen molar-refractivity contribution in [1.29, 1.82) is 5.26 Å². The first-order valence-electron chi connectivity index (χ1n) is 6.83. The van der Waals surface area contributed by atoms with Crippen molar-refractivity contribution in [2.45, 2.75) is 70.6 Å². The number of carbonyl (C=O) groups excluding carboxylic acids is 1. The van der Waals surface area contributed by atoms with Gasteiger partial charge in [-0.2, -0.15) is 5.26 Å². The van der Waals surface area contributed by atoms with Gasteiger partial charge in [-0.3, -0.25) is 4.90 Å². The summed E-state index contributed by atoms with van der Waals surface area (Å²) in [6, 6.07) is 2.18. The van der Waals surface area contributed by atoms with E-state index in [2.05, 4.69) is 6.07 Å². The molecule has 0 unspecified atom stereocenters. The third-order valence-electron chi connectivity index (χ3n) is 3.84. The molecule has 0 aromatic carbocycles. The summed E-state index contributed by atoms with van der Waals surface area (Å²) in [4.78, 5) is 13.9. The summed E-state index contributed by atoms with van der Waals surface area (Å²) in [5, 5.41) is 9.23. The molecule has 1 saturated heterocycles. The molecule has 0 N–H and O–H groups in total. The van der Waals surface area contributed by atoms with Crippen LogP contribution in [0.25, 0.3) is 0 Å². The Hall–Kier alpha value is -1.24. The Labute approximate surface area is 109 Å². The predicted octanol–water partition coefficient (Wildman–Crippen LogP) is 3.08. The van der Waals surface area contributed by atoms with E-state index in [9.17, 15) is 10.1 Å². The lowest BCUT2D eigenvalue weighted by Gasteiger charge is -2.33. The van der Waals surface area contributed by atoms with E-state index in [1.807, 2.05) is 20.8 Å². The SMILES string of the molecule is CC(C)(C)OC(=O)N1[C@H](C#N)C[C@@H]2CCCC[C@@H]21. The summed E-state index contributed by atoms with van der Waals surface area (Å²) in [6.45, 7) is 5.59. The molecule has 3 atom stereocenters. The molecule has 18 heavy (non-hydrogen) atoms. The maximum atomic E-state index is 12.2. The van der Waals surface area contributed by atoms with Crippen LogP contribution in [0.4, 0.5) is 4.79 Å². The molecule has 1 aliphatic carbocycles. The number of ether oxygens (including phenoxy) is 1. The number of carbonyl (C=O) groups is 1. The molecule has 1 aliphatic heterocycles. The first-order chi connectivity index (χ1) is 8.42. The van der Waals surface area contributed by atoms with Gasteiger partial charge in [0.15, 0.2) is 0 Å². The van der Waals surface area contributed by atoms with Crippen LogP contribution in [-0.2, 0) is 4.74 Å². The Bertz CT molecular complexity index is 367. The zero-order valence-corrected chi connectivity index (χ0v) is 11.5. The molecule has 1 saturated carbocycles. The number of amides is 1. The standard InChI is InChI=1S/C14H22N2O2/c1-14(2,3)18-13(17)16-11(9-15)8-10-6-4-5-7-12(10)16/h10-12H,4-8H2,1-3H3/t10-,11-,12-/m0/s1. The van der Waals surface area contributed by atoms with E-state index in [1.165, 1.54) is 6.42 Å². The maximum Gasteiger partial charge on any atom is 0.411 e. The Morgan fingerprint density at radius 1 is 1.33 bits per heavy atom. The number of rotatable bonds is 0. The van der Waals surface area contributed by atoms with Gasteiger partial charge in [0.1, 0.15) is 11.6 Å². The van der Waals surface area contributed by atoms with Gasteiger partial charge in [-0.25, -0.2) is 4.79 Å². The van der Waals surface area contributed by atoms with Crippen molar-refractivity contribution >= 4 is 6.09 Å². The van der Waals surface area contributed by atoms with Crippen LogP contribution in [0.1, 0.15) is 52.9 Å². The van der Waals surface area contributed by atoms with Crippen molar-refractivity contribution in [3.63, 3.8) is 0 Å². The zero-order valence-electron chi connectivity index (χ0n) is 11.5. The van der Waals surface area contributed by atoms with Crippen molar-refractivity contribution in [2.75, 3.05) is 0 Å². The summed E-state index contributed by atoms with van der Waals surface area (Å²) in [5.41, 5.74) is -0.496. The number of nitriles is 1. The molecule has 0 bridgehead atoms. The van der Waals surface area contributed by atoms with Crippen LogP contribution in [0.3, 0.4) is 0 Å². The van der Waals surface area contributed by atoms with E-state index in [4.69, 9.17) is 4.74 Å². The first-order valence-corrected chi connectivity index (χ1v) is 6.83. The second-order valence-electron chi connectivity index (χ2n) is 6.38. The maximum absolute atomic E-state index is 12.2. The van der Waals surface area contributed by atoms with Crippen molar-refractivity contribution in [3.8, 4) is 6.07 Å². The van der Waals surface area contributed by atoms with Crippen LogP contribution in [0.5, 0.6) is 0 Å².